The van der Waals surface area contributed by atoms with Gasteiger partial charge in [0.1, 0.15) is 6.61 Å². The van der Waals surface area contributed by atoms with E-state index >= 15 is 0 Å². The lowest BCUT2D eigenvalue weighted by Gasteiger charge is -2.33. The van der Waals surface area contributed by atoms with Crippen LogP contribution in [0.15, 0.2) is 29.3 Å². The van der Waals surface area contributed by atoms with Gasteiger partial charge in [0, 0.05) is 19.6 Å². The number of nitrogens with one attached hydrogen (secondary N) is 1. The number of hydrogen-bond donors (Lipinski definition) is 1. The zero-order chi connectivity index (χ0) is 22.0. The summed E-state index contributed by atoms with van der Waals surface area (Å²) in [6.45, 7) is 5.35. The van der Waals surface area contributed by atoms with Crippen LogP contribution in [0, 0.1) is 5.92 Å². The van der Waals surface area contributed by atoms with Gasteiger partial charge in [0.15, 0.2) is 5.96 Å². The summed E-state index contributed by atoms with van der Waals surface area (Å²) in [5, 5.41) is 3.27. The van der Waals surface area contributed by atoms with Gasteiger partial charge in [-0.1, -0.05) is 24.3 Å². The SMILES string of the molecule is CCNC(=NCc1cccc(COCC(F)(F)F)c1)N1CCC(C(=O)OCC)CC1.I. The molecule has 1 N–H and O–H groups in total. The highest BCUT2D eigenvalue weighted by atomic mass is 127. The van der Waals surface area contributed by atoms with Gasteiger partial charge in [-0.2, -0.15) is 13.2 Å². The standard InChI is InChI=1S/C21H30F3N3O3.HI/c1-3-25-20(27-10-8-18(9-11-27)19(28)30-4-2)26-13-16-6-5-7-17(12-16)14-29-15-21(22,23)24;/h5-7,12,18H,3-4,8-11,13-15H2,1-2H3,(H,25,26);1H. The Kier molecular flexibility index (Phi) is 12.2. The van der Waals surface area contributed by atoms with Crippen molar-refractivity contribution in [2.75, 3.05) is 32.8 Å². The molecule has 0 bridgehead atoms. The molecule has 0 aliphatic carbocycles. The van der Waals surface area contributed by atoms with E-state index in [-0.39, 0.29) is 42.5 Å². The maximum atomic E-state index is 12.2. The number of esters is 1. The Morgan fingerprint density at radius 3 is 2.52 bits per heavy atom. The van der Waals surface area contributed by atoms with Crippen LogP contribution in [0.4, 0.5) is 13.2 Å². The molecular formula is C21H31F3IN3O3. The van der Waals surface area contributed by atoms with Crippen LogP contribution in [0.5, 0.6) is 0 Å². The molecule has 2 rings (SSSR count). The van der Waals surface area contributed by atoms with Crippen LogP contribution in [-0.2, 0) is 27.4 Å². The van der Waals surface area contributed by atoms with E-state index in [4.69, 9.17) is 9.47 Å². The number of benzene rings is 1. The maximum absolute atomic E-state index is 12.2. The summed E-state index contributed by atoms with van der Waals surface area (Å²) in [5.41, 5.74) is 1.56. The van der Waals surface area contributed by atoms with Crippen molar-refractivity contribution in [3.8, 4) is 0 Å². The van der Waals surface area contributed by atoms with E-state index < -0.39 is 12.8 Å². The van der Waals surface area contributed by atoms with Crippen molar-refractivity contribution in [1.82, 2.24) is 10.2 Å². The number of guanidine groups is 1. The van der Waals surface area contributed by atoms with E-state index in [1.807, 2.05) is 13.0 Å². The van der Waals surface area contributed by atoms with E-state index in [0.29, 0.717) is 38.3 Å². The monoisotopic (exact) mass is 557 g/mol. The molecule has 0 saturated carbocycles. The van der Waals surface area contributed by atoms with Gasteiger partial charge in [0.25, 0.3) is 0 Å². The fourth-order valence-electron chi connectivity index (χ4n) is 3.28. The first-order valence-electron chi connectivity index (χ1n) is 10.2. The summed E-state index contributed by atoms with van der Waals surface area (Å²) in [6, 6.07) is 7.20. The predicted molar refractivity (Wildman–Crippen MR) is 123 cm³/mol. The molecule has 0 spiro atoms. The molecule has 0 atom stereocenters. The Labute approximate surface area is 198 Å². The Balaban J connectivity index is 0.00000480. The summed E-state index contributed by atoms with van der Waals surface area (Å²) in [5.74, 6) is 0.555. The van der Waals surface area contributed by atoms with Crippen LogP contribution in [0.3, 0.4) is 0 Å². The van der Waals surface area contributed by atoms with Gasteiger partial charge in [-0.25, -0.2) is 4.99 Å². The summed E-state index contributed by atoms with van der Waals surface area (Å²) < 4.78 is 46.5. The van der Waals surface area contributed by atoms with Gasteiger partial charge >= 0.3 is 12.1 Å². The smallest absolute Gasteiger partial charge is 0.411 e. The van der Waals surface area contributed by atoms with Crippen LogP contribution >= 0.6 is 24.0 Å². The molecule has 1 aliphatic rings. The zero-order valence-corrected chi connectivity index (χ0v) is 20.2. The molecule has 0 radical (unpaired) electrons. The number of piperidine rings is 1. The highest BCUT2D eigenvalue weighted by Crippen LogP contribution is 2.19. The number of carbonyl (C=O) groups is 1. The Hall–Kier alpha value is -1.56. The molecule has 1 heterocycles. The lowest BCUT2D eigenvalue weighted by molar-refractivity contribution is -0.176. The molecule has 1 aromatic carbocycles. The normalized spacial score (nSPS) is 15.4. The van der Waals surface area contributed by atoms with Gasteiger partial charge < -0.3 is 19.7 Å². The largest absolute Gasteiger partial charge is 0.466 e. The molecule has 10 heteroatoms. The van der Waals surface area contributed by atoms with Crippen molar-refractivity contribution in [1.29, 1.82) is 0 Å². The molecule has 1 saturated heterocycles. The molecule has 0 amide bonds. The van der Waals surface area contributed by atoms with Crippen molar-refractivity contribution in [2.24, 2.45) is 10.9 Å². The third kappa shape index (κ3) is 10.1. The molecule has 0 unspecified atom stereocenters. The highest BCUT2D eigenvalue weighted by Gasteiger charge is 2.28. The topological polar surface area (TPSA) is 63.2 Å². The van der Waals surface area contributed by atoms with Gasteiger partial charge in [0.05, 0.1) is 25.7 Å². The molecule has 6 nitrogen and oxygen atoms in total. The van der Waals surface area contributed by atoms with Gasteiger partial charge in [-0.05, 0) is 37.8 Å². The van der Waals surface area contributed by atoms with Crippen LogP contribution in [0.2, 0.25) is 0 Å². The van der Waals surface area contributed by atoms with E-state index in [2.05, 4.69) is 15.2 Å². The van der Waals surface area contributed by atoms with Crippen LogP contribution in [0.1, 0.15) is 37.8 Å². The number of ether oxygens (including phenoxy) is 2. The van der Waals surface area contributed by atoms with Crippen molar-refractivity contribution in [3.05, 3.63) is 35.4 Å². The van der Waals surface area contributed by atoms with E-state index in [1.165, 1.54) is 0 Å². The second-order valence-electron chi connectivity index (χ2n) is 7.11. The molecule has 1 aliphatic heterocycles. The molecule has 176 valence electrons. The molecule has 1 aromatic rings. The Morgan fingerprint density at radius 1 is 1.23 bits per heavy atom. The molecule has 1 fully saturated rings. The Morgan fingerprint density at radius 2 is 1.90 bits per heavy atom. The first kappa shape index (κ1) is 27.5. The van der Waals surface area contributed by atoms with Gasteiger partial charge in [-0.3, -0.25) is 4.79 Å². The highest BCUT2D eigenvalue weighted by molar-refractivity contribution is 14.0. The number of nitrogens with zero attached hydrogens (tertiary/aromatic N) is 2. The summed E-state index contributed by atoms with van der Waals surface area (Å²) in [6.07, 6.45) is -2.89. The van der Waals surface area contributed by atoms with Crippen LogP contribution in [-0.4, -0.2) is 55.9 Å². The number of aliphatic imine (C=N–C) groups is 1. The number of rotatable bonds is 8. The Bertz CT molecular complexity index is 709. The average Bonchev–Trinajstić information content (AvgIpc) is 2.71. The second kappa shape index (κ2) is 13.8. The lowest BCUT2D eigenvalue weighted by Crippen LogP contribution is -2.46. The quantitative estimate of drug-likeness (QED) is 0.226. The number of carbonyl (C=O) groups excluding carboxylic acids is 1. The third-order valence-electron chi connectivity index (χ3n) is 4.69. The van der Waals surface area contributed by atoms with Crippen molar-refractivity contribution in [2.45, 2.75) is 46.0 Å². The summed E-state index contributed by atoms with van der Waals surface area (Å²) >= 11 is 0. The minimum Gasteiger partial charge on any atom is -0.466 e. The van der Waals surface area contributed by atoms with Crippen molar-refractivity contribution >= 4 is 35.9 Å². The number of hydrogen-bond acceptors (Lipinski definition) is 4. The second-order valence-corrected chi connectivity index (χ2v) is 7.11. The summed E-state index contributed by atoms with van der Waals surface area (Å²) in [4.78, 5) is 18.7. The fourth-order valence-corrected chi connectivity index (χ4v) is 3.28. The average molecular weight is 557 g/mol. The fraction of sp³-hybridized carbons (Fsp3) is 0.619. The third-order valence-corrected chi connectivity index (χ3v) is 4.69. The first-order chi connectivity index (χ1) is 14.3. The molecule has 31 heavy (non-hydrogen) atoms. The summed E-state index contributed by atoms with van der Waals surface area (Å²) in [7, 11) is 0. The van der Waals surface area contributed by atoms with Crippen molar-refractivity contribution < 1.29 is 27.4 Å². The lowest BCUT2D eigenvalue weighted by atomic mass is 9.97. The van der Waals surface area contributed by atoms with E-state index in [9.17, 15) is 18.0 Å². The molecular weight excluding hydrogens is 526 g/mol. The minimum absolute atomic E-state index is 0. The van der Waals surface area contributed by atoms with Gasteiger partial charge in [0.2, 0.25) is 0 Å². The maximum Gasteiger partial charge on any atom is 0.411 e. The first-order valence-corrected chi connectivity index (χ1v) is 10.2. The number of likely N-dealkylation sites (tertiary alicyclic amines) is 1. The van der Waals surface area contributed by atoms with E-state index in [0.717, 1.165) is 24.4 Å². The van der Waals surface area contributed by atoms with Crippen LogP contribution < -0.4 is 5.32 Å². The van der Waals surface area contributed by atoms with Gasteiger partial charge in [-0.15, -0.1) is 24.0 Å². The predicted octanol–water partition coefficient (Wildman–Crippen LogP) is 4.12. The minimum atomic E-state index is -4.33. The van der Waals surface area contributed by atoms with Crippen molar-refractivity contribution in [3.63, 3.8) is 0 Å². The number of halogens is 4. The molecule has 0 aromatic heterocycles. The van der Waals surface area contributed by atoms with Crippen LogP contribution in [0.25, 0.3) is 0 Å². The number of alkyl halides is 3. The zero-order valence-electron chi connectivity index (χ0n) is 17.9. The van der Waals surface area contributed by atoms with E-state index in [1.54, 1.807) is 25.1 Å².